The molecule has 0 aromatic heterocycles. The van der Waals surface area contributed by atoms with E-state index in [9.17, 15) is 9.90 Å². The molecule has 0 aliphatic carbocycles. The van der Waals surface area contributed by atoms with Crippen LogP contribution in [-0.4, -0.2) is 47.2 Å². The van der Waals surface area contributed by atoms with Crippen molar-refractivity contribution in [2.75, 3.05) is 19.6 Å². The van der Waals surface area contributed by atoms with Gasteiger partial charge in [-0.2, -0.15) is 0 Å². The van der Waals surface area contributed by atoms with Gasteiger partial charge in [-0.1, -0.05) is 20.8 Å². The summed E-state index contributed by atoms with van der Waals surface area (Å²) in [5.41, 5.74) is 0.142. The fourth-order valence-corrected chi connectivity index (χ4v) is 2.27. The first-order chi connectivity index (χ1) is 8.49. The Labute approximate surface area is 117 Å². The number of carbonyl (C=O) groups is 1. The van der Waals surface area contributed by atoms with E-state index in [-0.39, 0.29) is 16.9 Å². The highest BCUT2D eigenvalue weighted by Crippen LogP contribution is 2.34. The number of hydrogen-bond acceptors (Lipinski definition) is 3. The number of nitrogens with one attached hydrogen (secondary N) is 1. The molecule has 2 N–H and O–H groups in total. The molecule has 2 unspecified atom stereocenters. The first-order valence-corrected chi connectivity index (χ1v) is 7.20. The van der Waals surface area contributed by atoms with Crippen LogP contribution >= 0.6 is 0 Å². The van der Waals surface area contributed by atoms with Gasteiger partial charge in [0.15, 0.2) is 0 Å². The molecule has 2 atom stereocenters. The lowest BCUT2D eigenvalue weighted by Crippen LogP contribution is -2.45. The molecular weight excluding hydrogens is 240 g/mol. The van der Waals surface area contributed by atoms with Gasteiger partial charge in [-0.05, 0) is 32.1 Å². The first-order valence-electron chi connectivity index (χ1n) is 7.20. The van der Waals surface area contributed by atoms with Crippen LogP contribution in [0.3, 0.4) is 0 Å². The lowest BCUT2D eigenvalue weighted by molar-refractivity contribution is -0.128. The third kappa shape index (κ3) is 5.49. The van der Waals surface area contributed by atoms with E-state index in [4.69, 9.17) is 0 Å². The Morgan fingerprint density at radius 2 is 1.89 bits per heavy atom. The SMILES string of the molecule is CC(C)(C)NCC(O)CN1CC(C(C)(C)C)CC1=O. The number of aliphatic hydroxyl groups excluding tert-OH is 1. The number of carbonyl (C=O) groups excluding carboxylic acids is 1. The predicted molar refractivity (Wildman–Crippen MR) is 77.9 cm³/mol. The molecule has 4 heteroatoms. The first kappa shape index (κ1) is 16.4. The van der Waals surface area contributed by atoms with Crippen LogP contribution in [0.4, 0.5) is 0 Å². The van der Waals surface area contributed by atoms with Crippen LogP contribution in [0.1, 0.15) is 48.0 Å². The second kappa shape index (κ2) is 5.80. The van der Waals surface area contributed by atoms with Crippen LogP contribution in [0.15, 0.2) is 0 Å². The molecule has 1 aliphatic rings. The number of amides is 1. The minimum absolute atomic E-state index is 0.00998. The summed E-state index contributed by atoms with van der Waals surface area (Å²) in [6, 6.07) is 0. The predicted octanol–water partition coefficient (Wildman–Crippen LogP) is 1.63. The van der Waals surface area contributed by atoms with Gasteiger partial charge in [0.2, 0.25) is 5.91 Å². The summed E-state index contributed by atoms with van der Waals surface area (Å²) in [6.07, 6.45) is 0.116. The minimum atomic E-state index is -0.498. The van der Waals surface area contributed by atoms with Gasteiger partial charge in [-0.3, -0.25) is 4.79 Å². The van der Waals surface area contributed by atoms with E-state index in [1.165, 1.54) is 0 Å². The number of nitrogens with zero attached hydrogens (tertiary/aromatic N) is 1. The van der Waals surface area contributed by atoms with Crippen molar-refractivity contribution in [1.82, 2.24) is 10.2 Å². The van der Waals surface area contributed by atoms with Crippen LogP contribution < -0.4 is 5.32 Å². The van der Waals surface area contributed by atoms with Crippen molar-refractivity contribution < 1.29 is 9.90 Å². The van der Waals surface area contributed by atoms with Crippen molar-refractivity contribution in [3.05, 3.63) is 0 Å². The van der Waals surface area contributed by atoms with Gasteiger partial charge in [0, 0.05) is 31.6 Å². The number of rotatable bonds is 4. The molecule has 1 fully saturated rings. The monoisotopic (exact) mass is 270 g/mol. The molecule has 1 saturated heterocycles. The maximum Gasteiger partial charge on any atom is 0.223 e. The van der Waals surface area contributed by atoms with E-state index in [0.29, 0.717) is 25.4 Å². The standard InChI is InChI=1S/C15H30N2O2/c1-14(2,3)11-7-13(19)17(9-11)10-12(18)8-16-15(4,5)6/h11-12,16,18H,7-10H2,1-6H3. The molecule has 0 radical (unpaired) electrons. The van der Waals surface area contributed by atoms with Gasteiger partial charge in [0.1, 0.15) is 0 Å². The summed E-state index contributed by atoms with van der Waals surface area (Å²) in [4.78, 5) is 13.8. The van der Waals surface area contributed by atoms with Crippen LogP contribution in [0.5, 0.6) is 0 Å². The van der Waals surface area contributed by atoms with Crippen molar-refractivity contribution in [2.24, 2.45) is 11.3 Å². The van der Waals surface area contributed by atoms with Gasteiger partial charge in [0.25, 0.3) is 0 Å². The second-order valence-electron chi connectivity index (χ2n) is 7.85. The summed E-state index contributed by atoms with van der Waals surface area (Å²) in [5.74, 6) is 0.567. The molecule has 0 bridgehead atoms. The highest BCUT2D eigenvalue weighted by Gasteiger charge is 2.37. The Hall–Kier alpha value is -0.610. The summed E-state index contributed by atoms with van der Waals surface area (Å²) in [6.45, 7) is 14.4. The van der Waals surface area contributed by atoms with Gasteiger partial charge in [-0.15, -0.1) is 0 Å². The van der Waals surface area contributed by atoms with E-state index < -0.39 is 6.10 Å². The molecule has 0 spiro atoms. The summed E-state index contributed by atoms with van der Waals surface area (Å²) < 4.78 is 0. The Kier molecular flexibility index (Phi) is 5.02. The summed E-state index contributed by atoms with van der Waals surface area (Å²) in [7, 11) is 0. The number of likely N-dealkylation sites (tertiary alicyclic amines) is 1. The summed E-state index contributed by atoms with van der Waals surface area (Å²) >= 11 is 0. The van der Waals surface area contributed by atoms with Crippen LogP contribution in [-0.2, 0) is 4.79 Å². The van der Waals surface area contributed by atoms with Gasteiger partial charge < -0.3 is 15.3 Å². The molecular formula is C15H30N2O2. The molecule has 4 nitrogen and oxygen atoms in total. The fourth-order valence-electron chi connectivity index (χ4n) is 2.27. The van der Waals surface area contributed by atoms with E-state index >= 15 is 0 Å². The number of hydrogen-bond donors (Lipinski definition) is 2. The zero-order chi connectivity index (χ0) is 14.8. The molecule has 1 rings (SSSR count). The Morgan fingerprint density at radius 1 is 1.32 bits per heavy atom. The van der Waals surface area contributed by atoms with Crippen LogP contribution in [0.2, 0.25) is 0 Å². The van der Waals surface area contributed by atoms with E-state index in [1.807, 2.05) is 4.90 Å². The third-order valence-corrected chi connectivity index (χ3v) is 3.74. The van der Waals surface area contributed by atoms with Gasteiger partial charge in [-0.25, -0.2) is 0 Å². The van der Waals surface area contributed by atoms with E-state index in [1.54, 1.807) is 0 Å². The van der Waals surface area contributed by atoms with Crippen molar-refractivity contribution in [1.29, 1.82) is 0 Å². The highest BCUT2D eigenvalue weighted by atomic mass is 16.3. The van der Waals surface area contributed by atoms with Crippen molar-refractivity contribution in [2.45, 2.75) is 59.6 Å². The number of β-amino-alcohol motifs (C(OH)–C–C–N with tert-alkyl or cyclic N) is 1. The molecule has 112 valence electrons. The zero-order valence-corrected chi connectivity index (χ0v) is 13.3. The van der Waals surface area contributed by atoms with Crippen molar-refractivity contribution in [3.8, 4) is 0 Å². The van der Waals surface area contributed by atoms with Crippen LogP contribution in [0.25, 0.3) is 0 Å². The molecule has 0 saturated carbocycles. The lowest BCUT2D eigenvalue weighted by Gasteiger charge is -2.28. The zero-order valence-electron chi connectivity index (χ0n) is 13.3. The van der Waals surface area contributed by atoms with Crippen molar-refractivity contribution >= 4 is 5.91 Å². The van der Waals surface area contributed by atoms with Crippen molar-refractivity contribution in [3.63, 3.8) is 0 Å². The highest BCUT2D eigenvalue weighted by molar-refractivity contribution is 5.78. The minimum Gasteiger partial charge on any atom is -0.390 e. The van der Waals surface area contributed by atoms with E-state index in [2.05, 4.69) is 46.9 Å². The molecule has 1 amide bonds. The molecule has 1 heterocycles. The number of aliphatic hydroxyl groups is 1. The Morgan fingerprint density at radius 3 is 2.32 bits per heavy atom. The van der Waals surface area contributed by atoms with Gasteiger partial charge in [0.05, 0.1) is 6.10 Å². The molecule has 0 aromatic rings. The van der Waals surface area contributed by atoms with Crippen LogP contribution in [0, 0.1) is 11.3 Å². The lowest BCUT2D eigenvalue weighted by atomic mass is 9.80. The maximum absolute atomic E-state index is 12.0. The fraction of sp³-hybridized carbons (Fsp3) is 0.933. The molecule has 19 heavy (non-hydrogen) atoms. The Balaban J connectivity index is 2.43. The normalized spacial score (nSPS) is 23.0. The quantitative estimate of drug-likeness (QED) is 0.816. The molecule has 1 aliphatic heterocycles. The topological polar surface area (TPSA) is 52.6 Å². The largest absolute Gasteiger partial charge is 0.390 e. The maximum atomic E-state index is 12.0. The second-order valence-corrected chi connectivity index (χ2v) is 7.85. The molecule has 0 aromatic carbocycles. The van der Waals surface area contributed by atoms with E-state index in [0.717, 1.165) is 6.54 Å². The average Bonchev–Trinajstić information content (AvgIpc) is 2.56. The Bertz CT molecular complexity index is 315. The third-order valence-electron chi connectivity index (χ3n) is 3.74. The van der Waals surface area contributed by atoms with Gasteiger partial charge >= 0.3 is 0 Å². The smallest absolute Gasteiger partial charge is 0.223 e. The summed E-state index contributed by atoms with van der Waals surface area (Å²) in [5, 5.41) is 13.3. The average molecular weight is 270 g/mol.